The molecule has 6 heteroatoms. The smallest absolute Gasteiger partial charge is 0.246 e. The molecule has 1 aromatic rings. The van der Waals surface area contributed by atoms with Crippen molar-refractivity contribution in [1.82, 2.24) is 15.2 Å². The minimum atomic E-state index is 0.214. The highest BCUT2D eigenvalue weighted by molar-refractivity contribution is 5.35. The predicted octanol–water partition coefficient (Wildman–Crippen LogP) is 0.000500. The molecule has 1 aliphatic heterocycles. The van der Waals surface area contributed by atoms with Crippen molar-refractivity contribution >= 4 is 11.9 Å². The van der Waals surface area contributed by atoms with E-state index in [9.17, 15) is 0 Å². The van der Waals surface area contributed by atoms with Crippen LogP contribution >= 0.6 is 0 Å². The van der Waals surface area contributed by atoms with E-state index >= 15 is 0 Å². The van der Waals surface area contributed by atoms with Crippen LogP contribution in [0.3, 0.4) is 0 Å². The Morgan fingerprint density at radius 2 is 2.36 bits per heavy atom. The molecule has 0 radical (unpaired) electrons. The highest BCUT2D eigenvalue weighted by atomic mass is 16.5. The molecule has 1 saturated heterocycles. The molecule has 1 fully saturated rings. The Bertz CT molecular complexity index is 312. The molecule has 6 nitrogen and oxygen atoms in total. The van der Waals surface area contributed by atoms with Crippen LogP contribution in [0.15, 0.2) is 0 Å². The van der Waals surface area contributed by atoms with Crippen molar-refractivity contribution in [3.8, 4) is 0 Å². The van der Waals surface area contributed by atoms with Crippen molar-refractivity contribution in [3.63, 3.8) is 0 Å². The van der Waals surface area contributed by atoms with Gasteiger partial charge < -0.3 is 15.4 Å². The summed E-state index contributed by atoms with van der Waals surface area (Å²) in [6, 6.07) is 0.293. The SMILES string of the molecule is CC1CN(c2n[nH]c(N)n2)C(C)CO1. The number of ether oxygens (including phenoxy) is 1. The van der Waals surface area contributed by atoms with Gasteiger partial charge in [0.2, 0.25) is 11.9 Å². The van der Waals surface area contributed by atoms with E-state index in [-0.39, 0.29) is 6.10 Å². The number of aromatic nitrogens is 3. The van der Waals surface area contributed by atoms with E-state index in [1.54, 1.807) is 0 Å². The molecule has 2 heterocycles. The number of H-pyrrole nitrogens is 1. The Morgan fingerprint density at radius 3 is 3.00 bits per heavy atom. The molecule has 0 aromatic carbocycles. The number of rotatable bonds is 1. The molecule has 3 N–H and O–H groups in total. The molecule has 0 aliphatic carbocycles. The highest BCUT2D eigenvalue weighted by Gasteiger charge is 2.25. The zero-order chi connectivity index (χ0) is 10.1. The van der Waals surface area contributed by atoms with Gasteiger partial charge >= 0.3 is 0 Å². The average molecular weight is 197 g/mol. The van der Waals surface area contributed by atoms with Gasteiger partial charge in [-0.25, -0.2) is 5.10 Å². The number of nitrogens with zero attached hydrogens (tertiary/aromatic N) is 3. The van der Waals surface area contributed by atoms with Crippen molar-refractivity contribution in [2.24, 2.45) is 0 Å². The van der Waals surface area contributed by atoms with Gasteiger partial charge in [-0.1, -0.05) is 0 Å². The summed E-state index contributed by atoms with van der Waals surface area (Å²) in [4.78, 5) is 6.20. The van der Waals surface area contributed by atoms with Crippen LogP contribution in [0.4, 0.5) is 11.9 Å². The number of nitrogen functional groups attached to an aromatic ring is 1. The minimum Gasteiger partial charge on any atom is -0.375 e. The maximum Gasteiger partial charge on any atom is 0.246 e. The maximum atomic E-state index is 5.51. The number of hydrogen-bond donors (Lipinski definition) is 2. The highest BCUT2D eigenvalue weighted by Crippen LogP contribution is 2.17. The Labute approximate surface area is 82.4 Å². The fourth-order valence-corrected chi connectivity index (χ4v) is 1.58. The Kier molecular flexibility index (Phi) is 2.28. The lowest BCUT2D eigenvalue weighted by atomic mass is 10.2. The summed E-state index contributed by atoms with van der Waals surface area (Å²) in [6.45, 7) is 5.63. The molecular weight excluding hydrogens is 182 g/mol. The summed E-state index contributed by atoms with van der Waals surface area (Å²) in [5, 5.41) is 6.67. The third-order valence-corrected chi connectivity index (χ3v) is 2.36. The summed E-state index contributed by atoms with van der Waals surface area (Å²) in [6.07, 6.45) is 0.214. The first kappa shape index (κ1) is 9.26. The van der Waals surface area contributed by atoms with Gasteiger partial charge in [-0.3, -0.25) is 0 Å². The van der Waals surface area contributed by atoms with Gasteiger partial charge in [0.15, 0.2) is 0 Å². The summed E-state index contributed by atoms with van der Waals surface area (Å²) in [5.74, 6) is 1.01. The van der Waals surface area contributed by atoms with Crippen LogP contribution in [0.2, 0.25) is 0 Å². The number of morpholine rings is 1. The lowest BCUT2D eigenvalue weighted by molar-refractivity contribution is 0.0337. The first-order valence-electron chi connectivity index (χ1n) is 4.73. The number of nitrogens with two attached hydrogens (primary N) is 1. The largest absolute Gasteiger partial charge is 0.375 e. The fraction of sp³-hybridized carbons (Fsp3) is 0.750. The van der Waals surface area contributed by atoms with Gasteiger partial charge in [0.05, 0.1) is 18.8 Å². The van der Waals surface area contributed by atoms with Gasteiger partial charge in [0, 0.05) is 6.54 Å². The Hall–Kier alpha value is -1.30. The van der Waals surface area contributed by atoms with E-state index in [0.29, 0.717) is 24.5 Å². The third kappa shape index (κ3) is 1.65. The molecule has 1 aliphatic rings. The van der Waals surface area contributed by atoms with E-state index in [1.165, 1.54) is 0 Å². The third-order valence-electron chi connectivity index (χ3n) is 2.36. The van der Waals surface area contributed by atoms with Crippen LogP contribution < -0.4 is 10.6 Å². The standard InChI is InChI=1S/C8H15N5O/c1-5-4-14-6(2)3-13(5)8-10-7(9)11-12-8/h5-6H,3-4H2,1-2H3,(H3,9,10,11,12). The molecule has 1 aromatic heterocycles. The average Bonchev–Trinajstić information content (AvgIpc) is 2.56. The first-order valence-corrected chi connectivity index (χ1v) is 4.73. The van der Waals surface area contributed by atoms with Gasteiger partial charge in [0.25, 0.3) is 0 Å². The van der Waals surface area contributed by atoms with Crippen LogP contribution in [-0.4, -0.2) is 40.5 Å². The molecule has 0 spiro atoms. The van der Waals surface area contributed by atoms with Crippen molar-refractivity contribution in [2.45, 2.75) is 26.0 Å². The molecular formula is C8H15N5O. The van der Waals surface area contributed by atoms with Crippen molar-refractivity contribution < 1.29 is 4.74 Å². The van der Waals surface area contributed by atoms with E-state index < -0.39 is 0 Å². The van der Waals surface area contributed by atoms with Crippen LogP contribution in [0, 0.1) is 0 Å². The normalized spacial score (nSPS) is 28.0. The maximum absolute atomic E-state index is 5.51. The monoisotopic (exact) mass is 197 g/mol. The van der Waals surface area contributed by atoms with Gasteiger partial charge in [-0.2, -0.15) is 4.98 Å². The van der Waals surface area contributed by atoms with E-state index in [4.69, 9.17) is 10.5 Å². The number of hydrogen-bond acceptors (Lipinski definition) is 5. The summed E-state index contributed by atoms with van der Waals surface area (Å²) >= 11 is 0. The molecule has 0 saturated carbocycles. The van der Waals surface area contributed by atoms with E-state index in [2.05, 4.69) is 27.0 Å². The molecule has 78 valence electrons. The molecule has 2 atom stereocenters. The van der Waals surface area contributed by atoms with Crippen molar-refractivity contribution in [2.75, 3.05) is 23.8 Å². The quantitative estimate of drug-likeness (QED) is 0.662. The lowest BCUT2D eigenvalue weighted by Gasteiger charge is -2.35. The zero-order valence-corrected chi connectivity index (χ0v) is 8.40. The van der Waals surface area contributed by atoms with Crippen LogP contribution in [-0.2, 0) is 4.74 Å². The minimum absolute atomic E-state index is 0.214. The zero-order valence-electron chi connectivity index (χ0n) is 8.40. The molecule has 14 heavy (non-hydrogen) atoms. The van der Waals surface area contributed by atoms with Gasteiger partial charge in [-0.15, -0.1) is 5.10 Å². The lowest BCUT2D eigenvalue weighted by Crippen LogP contribution is -2.47. The van der Waals surface area contributed by atoms with Crippen molar-refractivity contribution in [1.29, 1.82) is 0 Å². The summed E-state index contributed by atoms with van der Waals surface area (Å²) in [5.41, 5.74) is 5.48. The fourth-order valence-electron chi connectivity index (χ4n) is 1.58. The Balaban J connectivity index is 2.15. The van der Waals surface area contributed by atoms with Crippen molar-refractivity contribution in [3.05, 3.63) is 0 Å². The topological polar surface area (TPSA) is 80.1 Å². The molecule has 2 unspecified atom stereocenters. The molecule has 0 amide bonds. The van der Waals surface area contributed by atoms with Crippen LogP contribution in [0.1, 0.15) is 13.8 Å². The summed E-state index contributed by atoms with van der Waals surface area (Å²) < 4.78 is 5.51. The van der Waals surface area contributed by atoms with Crippen LogP contribution in [0.25, 0.3) is 0 Å². The van der Waals surface area contributed by atoms with E-state index in [0.717, 1.165) is 6.54 Å². The summed E-state index contributed by atoms with van der Waals surface area (Å²) in [7, 11) is 0. The molecule has 2 rings (SSSR count). The second-order valence-corrected chi connectivity index (χ2v) is 3.67. The van der Waals surface area contributed by atoms with Crippen LogP contribution in [0.5, 0.6) is 0 Å². The van der Waals surface area contributed by atoms with Gasteiger partial charge in [-0.05, 0) is 13.8 Å². The number of anilines is 2. The number of aromatic amines is 1. The van der Waals surface area contributed by atoms with Gasteiger partial charge in [0.1, 0.15) is 0 Å². The second kappa shape index (κ2) is 3.45. The van der Waals surface area contributed by atoms with E-state index in [1.807, 2.05) is 6.92 Å². The number of nitrogens with one attached hydrogen (secondary N) is 1. The first-order chi connectivity index (χ1) is 6.66. The second-order valence-electron chi connectivity index (χ2n) is 3.67. The Morgan fingerprint density at radius 1 is 1.57 bits per heavy atom. The predicted molar refractivity (Wildman–Crippen MR) is 53.0 cm³/mol. The molecule has 0 bridgehead atoms.